The quantitative estimate of drug-likeness (QED) is 0.0953. The van der Waals surface area contributed by atoms with Crippen LogP contribution in [0.1, 0.15) is 103 Å². The molecule has 1 unspecified atom stereocenters. The molecule has 0 saturated heterocycles. The number of hydrogen-bond donors (Lipinski definition) is 0. The highest BCUT2D eigenvalue weighted by atomic mass is 31.1. The Bertz CT molecular complexity index is 1350. The van der Waals surface area contributed by atoms with Gasteiger partial charge in [0.1, 0.15) is 11.5 Å². The number of benzene rings is 3. The van der Waals surface area contributed by atoms with Gasteiger partial charge in [-0.2, -0.15) is 0 Å². The molecule has 0 aliphatic carbocycles. The van der Waals surface area contributed by atoms with Crippen molar-refractivity contribution in [2.75, 3.05) is 6.61 Å². The van der Waals surface area contributed by atoms with Crippen LogP contribution in [0.4, 0.5) is 0 Å². The highest BCUT2D eigenvalue weighted by Gasteiger charge is 2.14. The molecule has 0 bridgehead atoms. The van der Waals surface area contributed by atoms with Crippen LogP contribution >= 0.6 is 8.46 Å². The minimum atomic E-state index is -0.558. The van der Waals surface area contributed by atoms with Gasteiger partial charge in [0.05, 0.1) is 6.61 Å². The second-order valence-electron chi connectivity index (χ2n) is 11.7. The Morgan fingerprint density at radius 3 is 2.02 bits per heavy atom. The maximum atomic E-state index is 11.8. The van der Waals surface area contributed by atoms with E-state index in [1.54, 1.807) is 0 Å². The molecule has 0 saturated carbocycles. The molecule has 0 spiro atoms. The van der Waals surface area contributed by atoms with Gasteiger partial charge in [-0.15, -0.1) is 0 Å². The van der Waals surface area contributed by atoms with Crippen molar-refractivity contribution in [3.63, 3.8) is 0 Å². The zero-order valence-corrected chi connectivity index (χ0v) is 27.9. The van der Waals surface area contributed by atoms with Crippen molar-refractivity contribution < 1.29 is 14.0 Å². The highest BCUT2D eigenvalue weighted by molar-refractivity contribution is 7.34. The molecule has 0 aliphatic rings. The predicted molar refractivity (Wildman–Crippen MR) is 182 cm³/mol. The molecule has 0 amide bonds. The number of hydrogen-bond acceptors (Lipinski definition) is 3. The number of allylic oxidation sites excluding steroid dienone is 2. The fourth-order valence-corrected chi connectivity index (χ4v) is 5.98. The number of unbranched alkanes of at least 4 members (excludes halogenated alkanes) is 5. The summed E-state index contributed by atoms with van der Waals surface area (Å²) in [6.45, 7) is 15.8. The third-order valence-corrected chi connectivity index (χ3v) is 8.31. The van der Waals surface area contributed by atoms with E-state index < -0.39 is 8.46 Å². The first kappa shape index (κ1) is 33.3. The van der Waals surface area contributed by atoms with Gasteiger partial charge in [-0.1, -0.05) is 78.3 Å². The maximum absolute atomic E-state index is 11.8. The summed E-state index contributed by atoms with van der Waals surface area (Å²) in [7, 11) is -0.558. The van der Waals surface area contributed by atoms with Crippen LogP contribution in [-0.2, 0) is 4.57 Å². The Kier molecular flexibility index (Phi) is 13.6. The van der Waals surface area contributed by atoms with E-state index in [0.29, 0.717) is 17.7 Å². The smallest absolute Gasteiger partial charge is 0.367 e. The van der Waals surface area contributed by atoms with Gasteiger partial charge in [0, 0.05) is 12.5 Å². The molecular weight excluding hydrogens is 535 g/mol. The van der Waals surface area contributed by atoms with Gasteiger partial charge in [-0.25, -0.2) is 0 Å². The van der Waals surface area contributed by atoms with Crippen LogP contribution in [0, 0.1) is 41.5 Å². The molecule has 3 nitrogen and oxygen atoms in total. The Morgan fingerprint density at radius 1 is 0.762 bits per heavy atom. The Hall–Kier alpha value is -3.16. The highest BCUT2D eigenvalue weighted by Crippen LogP contribution is 2.27. The van der Waals surface area contributed by atoms with Crippen LogP contribution in [0.3, 0.4) is 0 Å². The van der Waals surface area contributed by atoms with Crippen molar-refractivity contribution in [3.8, 4) is 11.5 Å². The monoisotopic (exact) mass is 585 g/mol. The van der Waals surface area contributed by atoms with E-state index in [2.05, 4.69) is 91.0 Å². The Morgan fingerprint density at radius 2 is 1.40 bits per heavy atom. The summed E-state index contributed by atoms with van der Waals surface area (Å²) in [5.74, 6) is 2.32. The van der Waals surface area contributed by atoms with E-state index in [4.69, 9.17) is 9.47 Å². The Labute approximate surface area is 256 Å². The minimum Gasteiger partial charge on any atom is -0.489 e. The molecule has 1 atom stereocenters. The average molecular weight is 586 g/mol. The van der Waals surface area contributed by atoms with Crippen molar-refractivity contribution in [2.24, 2.45) is 0 Å². The summed E-state index contributed by atoms with van der Waals surface area (Å²) >= 11 is 0. The largest absolute Gasteiger partial charge is 0.489 e. The van der Waals surface area contributed by atoms with Crippen molar-refractivity contribution in [1.82, 2.24) is 0 Å². The van der Waals surface area contributed by atoms with E-state index in [0.717, 1.165) is 50.0 Å². The van der Waals surface area contributed by atoms with Crippen molar-refractivity contribution >= 4 is 25.9 Å². The van der Waals surface area contributed by atoms with Crippen LogP contribution in [-0.4, -0.2) is 6.61 Å². The third-order valence-electron chi connectivity index (χ3n) is 7.68. The molecule has 224 valence electrons. The average Bonchev–Trinajstić information content (AvgIpc) is 2.93. The summed E-state index contributed by atoms with van der Waals surface area (Å²) in [5, 5.41) is 0.708. The lowest BCUT2D eigenvalue weighted by Crippen LogP contribution is -2.06. The lowest BCUT2D eigenvalue weighted by atomic mass is 9.98. The van der Waals surface area contributed by atoms with Gasteiger partial charge in [-0.05, 0) is 119 Å². The van der Waals surface area contributed by atoms with Crippen molar-refractivity contribution in [2.45, 2.75) is 99.8 Å². The molecule has 3 aromatic carbocycles. The molecule has 0 heterocycles. The normalized spacial score (nSPS) is 11.9. The fourth-order valence-electron chi connectivity index (χ4n) is 5.58. The van der Waals surface area contributed by atoms with Gasteiger partial charge in [0.15, 0.2) is 5.75 Å². The van der Waals surface area contributed by atoms with Gasteiger partial charge in [0.25, 0.3) is 0 Å². The van der Waals surface area contributed by atoms with Crippen LogP contribution in [0.15, 0.2) is 54.3 Å². The SMILES string of the molecule is CCCCCCOc1cc(OC(=Cc2c(C)cc(C)cc2C)CCCCC=Cc2c(C)cc(C)cc2C)ccc1[PH+]=O. The molecule has 0 aliphatic heterocycles. The third kappa shape index (κ3) is 10.3. The second kappa shape index (κ2) is 17.1. The summed E-state index contributed by atoms with van der Waals surface area (Å²) in [6.07, 6.45) is 15.3. The maximum Gasteiger partial charge on any atom is 0.367 e. The van der Waals surface area contributed by atoms with Crippen LogP contribution in [0.2, 0.25) is 0 Å². The van der Waals surface area contributed by atoms with Crippen molar-refractivity contribution in [3.05, 3.63) is 98.8 Å². The van der Waals surface area contributed by atoms with E-state index >= 15 is 0 Å². The summed E-state index contributed by atoms with van der Waals surface area (Å²) in [5.41, 5.74) is 10.3. The van der Waals surface area contributed by atoms with Gasteiger partial charge < -0.3 is 9.47 Å². The molecule has 3 rings (SSSR count). The standard InChI is InChI=1S/C38H49O3P/c1-8-9-10-15-20-40-37-26-34(18-19-38(37)42-39)41-33(25-36-31(6)23-28(3)24-32(36)7)16-13-11-12-14-17-35-29(4)21-27(2)22-30(35)5/h14,17-19,21-26H,8-13,15-16,20H2,1-7H3/p+1. The van der Waals surface area contributed by atoms with Crippen LogP contribution in [0.5, 0.6) is 11.5 Å². The van der Waals surface area contributed by atoms with Gasteiger partial charge >= 0.3 is 8.46 Å². The zero-order valence-electron chi connectivity index (χ0n) is 26.9. The molecule has 0 fully saturated rings. The molecular formula is C38H50O3P+. The van der Waals surface area contributed by atoms with Gasteiger partial charge in [0.2, 0.25) is 5.30 Å². The van der Waals surface area contributed by atoms with Crippen LogP contribution < -0.4 is 14.8 Å². The fraction of sp³-hybridized carbons (Fsp3) is 0.421. The molecule has 0 N–H and O–H groups in total. The summed E-state index contributed by atoms with van der Waals surface area (Å²) < 4.78 is 24.4. The first-order valence-electron chi connectivity index (χ1n) is 15.6. The summed E-state index contributed by atoms with van der Waals surface area (Å²) in [4.78, 5) is 0. The lowest BCUT2D eigenvalue weighted by molar-refractivity contribution is 0.305. The zero-order chi connectivity index (χ0) is 30.5. The summed E-state index contributed by atoms with van der Waals surface area (Å²) in [6, 6.07) is 14.6. The first-order valence-corrected chi connectivity index (χ1v) is 16.5. The number of ether oxygens (including phenoxy) is 2. The molecule has 3 aromatic rings. The van der Waals surface area contributed by atoms with E-state index in [-0.39, 0.29) is 0 Å². The molecule has 0 radical (unpaired) electrons. The molecule has 42 heavy (non-hydrogen) atoms. The van der Waals surface area contributed by atoms with Crippen LogP contribution in [0.25, 0.3) is 12.2 Å². The molecule has 0 aromatic heterocycles. The first-order chi connectivity index (χ1) is 20.2. The number of aryl methyl sites for hydroxylation is 6. The lowest BCUT2D eigenvalue weighted by Gasteiger charge is -2.14. The van der Waals surface area contributed by atoms with Crippen molar-refractivity contribution in [1.29, 1.82) is 0 Å². The predicted octanol–water partition coefficient (Wildman–Crippen LogP) is 10.8. The van der Waals surface area contributed by atoms with E-state index in [1.807, 2.05) is 18.2 Å². The topological polar surface area (TPSA) is 35.5 Å². The number of rotatable bonds is 16. The van der Waals surface area contributed by atoms with E-state index in [1.165, 1.54) is 57.3 Å². The molecule has 4 heteroatoms. The Balaban J connectivity index is 1.74. The van der Waals surface area contributed by atoms with E-state index in [9.17, 15) is 4.57 Å². The second-order valence-corrected chi connectivity index (χ2v) is 12.4. The minimum absolute atomic E-state index is 0.558. The van der Waals surface area contributed by atoms with Gasteiger partial charge in [-0.3, -0.25) is 0 Å².